The predicted octanol–water partition coefficient (Wildman–Crippen LogP) is 2.58. The van der Waals surface area contributed by atoms with Crippen molar-refractivity contribution in [2.45, 2.75) is 39.3 Å². The number of likely N-dealkylation sites (tertiary alicyclic amines) is 1. The maximum absolute atomic E-state index is 12.9. The highest BCUT2D eigenvalue weighted by atomic mass is 35.5. The third kappa shape index (κ3) is 4.74. The van der Waals surface area contributed by atoms with Gasteiger partial charge < -0.3 is 19.9 Å². The number of hydrogen-bond donors (Lipinski definition) is 1. The van der Waals surface area contributed by atoms with Crippen LogP contribution in [-0.2, 0) is 6.61 Å². The molecule has 7 nitrogen and oxygen atoms in total. The van der Waals surface area contributed by atoms with Crippen molar-refractivity contribution >= 4 is 18.3 Å². The molecule has 1 saturated heterocycles. The van der Waals surface area contributed by atoms with Crippen LogP contribution in [0.25, 0.3) is 0 Å². The van der Waals surface area contributed by atoms with Crippen LogP contribution in [0, 0.1) is 12.8 Å². The lowest BCUT2D eigenvalue weighted by Crippen LogP contribution is -2.42. The van der Waals surface area contributed by atoms with Gasteiger partial charge in [0.15, 0.2) is 6.61 Å². The fraction of sp³-hybridized carbons (Fsp3) is 0.500. The summed E-state index contributed by atoms with van der Waals surface area (Å²) >= 11 is 0. The number of amides is 1. The van der Waals surface area contributed by atoms with E-state index in [1.165, 1.54) is 0 Å². The minimum Gasteiger partial charge on any atom is -0.485 e. The number of benzene rings is 1. The van der Waals surface area contributed by atoms with E-state index in [0.717, 1.165) is 25.9 Å². The van der Waals surface area contributed by atoms with Gasteiger partial charge in [-0.3, -0.25) is 4.79 Å². The van der Waals surface area contributed by atoms with E-state index in [2.05, 4.69) is 10.1 Å². The van der Waals surface area contributed by atoms with Crippen LogP contribution in [0.5, 0.6) is 5.75 Å². The number of rotatable bonds is 5. The van der Waals surface area contributed by atoms with Gasteiger partial charge in [-0.2, -0.15) is 4.98 Å². The summed E-state index contributed by atoms with van der Waals surface area (Å²) in [5.74, 6) is 1.95. The Bertz CT molecular complexity index is 727. The smallest absolute Gasteiger partial charge is 0.257 e. The van der Waals surface area contributed by atoms with Gasteiger partial charge in [-0.1, -0.05) is 17.3 Å². The summed E-state index contributed by atoms with van der Waals surface area (Å²) in [6, 6.07) is 7.43. The number of hydrogen-bond acceptors (Lipinski definition) is 6. The van der Waals surface area contributed by atoms with Crippen LogP contribution in [-0.4, -0.2) is 40.1 Å². The summed E-state index contributed by atoms with van der Waals surface area (Å²) in [6.07, 6.45) is 1.88. The van der Waals surface area contributed by atoms with Gasteiger partial charge in [0.1, 0.15) is 5.75 Å². The largest absolute Gasteiger partial charge is 0.485 e. The van der Waals surface area contributed by atoms with E-state index in [4.69, 9.17) is 15.0 Å². The molecule has 1 aliphatic rings. The lowest BCUT2D eigenvalue weighted by atomic mass is 9.90. The molecule has 1 aliphatic heterocycles. The second-order valence-electron chi connectivity index (χ2n) is 6.50. The molecule has 1 fully saturated rings. The topological polar surface area (TPSA) is 94.5 Å². The number of ether oxygens (including phenoxy) is 1. The second-order valence-corrected chi connectivity index (χ2v) is 6.50. The highest BCUT2D eigenvalue weighted by Gasteiger charge is 2.26. The number of nitrogens with two attached hydrogens (primary N) is 1. The van der Waals surface area contributed by atoms with Crippen LogP contribution in [0.15, 0.2) is 28.8 Å². The first-order valence-corrected chi connectivity index (χ1v) is 8.60. The normalized spacial score (nSPS) is 16.0. The maximum atomic E-state index is 12.9. The minimum absolute atomic E-state index is 0. The van der Waals surface area contributed by atoms with E-state index >= 15 is 0 Å². The summed E-state index contributed by atoms with van der Waals surface area (Å²) in [5, 5.41) is 3.80. The first kappa shape index (κ1) is 20.2. The summed E-state index contributed by atoms with van der Waals surface area (Å²) in [5.41, 5.74) is 6.53. The Morgan fingerprint density at radius 3 is 2.69 bits per heavy atom. The molecule has 3 rings (SSSR count). The average Bonchev–Trinajstić information content (AvgIpc) is 3.05. The predicted molar refractivity (Wildman–Crippen MR) is 99.3 cm³/mol. The zero-order valence-corrected chi connectivity index (χ0v) is 15.9. The molecule has 0 radical (unpaired) electrons. The standard InChI is InChI=1S/C18H24N4O3.ClH/c1-12(19)14-7-9-22(10-8-14)18(23)15-5-3-4-6-16(15)24-11-17-20-13(2)25-21-17;/h3-6,12,14H,7-11,19H2,1-2H3;1H. The number of halogens is 1. The van der Waals surface area contributed by atoms with Crippen molar-refractivity contribution in [3.8, 4) is 5.75 Å². The average molecular weight is 381 g/mol. The van der Waals surface area contributed by atoms with E-state index in [1.807, 2.05) is 24.0 Å². The number of aryl methyl sites for hydroxylation is 1. The quantitative estimate of drug-likeness (QED) is 0.856. The number of aromatic nitrogens is 2. The van der Waals surface area contributed by atoms with Crippen molar-refractivity contribution in [3.63, 3.8) is 0 Å². The molecule has 0 bridgehead atoms. The molecule has 8 heteroatoms. The van der Waals surface area contributed by atoms with Crippen molar-refractivity contribution in [2.24, 2.45) is 11.7 Å². The maximum Gasteiger partial charge on any atom is 0.257 e. The molecule has 0 saturated carbocycles. The molecular formula is C18H25ClN4O3. The Balaban J connectivity index is 0.00000243. The van der Waals surface area contributed by atoms with Crippen LogP contribution in [0.1, 0.15) is 41.8 Å². The Morgan fingerprint density at radius 1 is 1.38 bits per heavy atom. The molecule has 1 aromatic heterocycles. The highest BCUT2D eigenvalue weighted by molar-refractivity contribution is 5.97. The van der Waals surface area contributed by atoms with Crippen LogP contribution >= 0.6 is 12.4 Å². The summed E-state index contributed by atoms with van der Waals surface area (Å²) in [6.45, 7) is 5.37. The first-order valence-electron chi connectivity index (χ1n) is 8.60. The van der Waals surface area contributed by atoms with Crippen molar-refractivity contribution in [3.05, 3.63) is 41.5 Å². The zero-order chi connectivity index (χ0) is 17.8. The molecule has 2 heterocycles. The van der Waals surface area contributed by atoms with Crippen molar-refractivity contribution in [1.29, 1.82) is 0 Å². The van der Waals surface area contributed by atoms with Crippen molar-refractivity contribution in [2.75, 3.05) is 13.1 Å². The van der Waals surface area contributed by atoms with Gasteiger partial charge in [0.25, 0.3) is 5.91 Å². The monoisotopic (exact) mass is 380 g/mol. The van der Waals surface area contributed by atoms with Gasteiger partial charge in [-0.05, 0) is 37.8 Å². The minimum atomic E-state index is -0.0111. The third-order valence-electron chi connectivity index (χ3n) is 4.61. The molecule has 2 N–H and O–H groups in total. The summed E-state index contributed by atoms with van der Waals surface area (Å²) < 4.78 is 10.7. The van der Waals surface area contributed by atoms with E-state index in [-0.39, 0.29) is 31.0 Å². The Hall–Kier alpha value is -2.12. The van der Waals surface area contributed by atoms with E-state index in [0.29, 0.717) is 28.9 Å². The Kier molecular flexibility index (Phi) is 6.99. The van der Waals surface area contributed by atoms with Gasteiger partial charge in [-0.15, -0.1) is 12.4 Å². The van der Waals surface area contributed by atoms with E-state index < -0.39 is 0 Å². The molecule has 26 heavy (non-hydrogen) atoms. The van der Waals surface area contributed by atoms with Crippen LogP contribution in [0.4, 0.5) is 0 Å². The SMILES string of the molecule is Cc1nc(COc2ccccc2C(=O)N2CCC(C(C)N)CC2)no1.Cl. The third-order valence-corrected chi connectivity index (χ3v) is 4.61. The molecule has 0 spiro atoms. The second kappa shape index (κ2) is 9.00. The van der Waals surface area contributed by atoms with Crippen molar-refractivity contribution < 1.29 is 14.1 Å². The molecule has 1 unspecified atom stereocenters. The fourth-order valence-electron chi connectivity index (χ4n) is 3.11. The van der Waals surface area contributed by atoms with Gasteiger partial charge >= 0.3 is 0 Å². The van der Waals surface area contributed by atoms with Gasteiger partial charge in [0.05, 0.1) is 5.56 Å². The molecular weight excluding hydrogens is 356 g/mol. The number of piperidine rings is 1. The number of para-hydroxylation sites is 1. The number of carbonyl (C=O) groups excluding carboxylic acids is 1. The van der Waals surface area contributed by atoms with Crippen LogP contribution in [0.2, 0.25) is 0 Å². The number of nitrogens with zero attached hydrogens (tertiary/aromatic N) is 3. The summed E-state index contributed by atoms with van der Waals surface area (Å²) in [7, 11) is 0. The number of carbonyl (C=O) groups is 1. The van der Waals surface area contributed by atoms with E-state index in [9.17, 15) is 4.79 Å². The molecule has 0 aliphatic carbocycles. The Morgan fingerprint density at radius 2 is 2.08 bits per heavy atom. The molecule has 2 aromatic rings. The fourth-order valence-corrected chi connectivity index (χ4v) is 3.11. The molecule has 1 atom stereocenters. The molecule has 142 valence electrons. The zero-order valence-electron chi connectivity index (χ0n) is 15.1. The van der Waals surface area contributed by atoms with Crippen LogP contribution in [0.3, 0.4) is 0 Å². The van der Waals surface area contributed by atoms with E-state index in [1.54, 1.807) is 19.1 Å². The van der Waals surface area contributed by atoms with Gasteiger partial charge in [-0.25, -0.2) is 0 Å². The molecule has 1 aromatic carbocycles. The highest BCUT2D eigenvalue weighted by Crippen LogP contribution is 2.25. The first-order chi connectivity index (χ1) is 12.0. The lowest BCUT2D eigenvalue weighted by Gasteiger charge is -2.34. The summed E-state index contributed by atoms with van der Waals surface area (Å²) in [4.78, 5) is 18.9. The van der Waals surface area contributed by atoms with Crippen LogP contribution < -0.4 is 10.5 Å². The van der Waals surface area contributed by atoms with Crippen molar-refractivity contribution in [1.82, 2.24) is 15.0 Å². The lowest BCUT2D eigenvalue weighted by molar-refractivity contribution is 0.0676. The molecule has 1 amide bonds. The van der Waals surface area contributed by atoms with Gasteiger partial charge in [0.2, 0.25) is 11.7 Å². The van der Waals surface area contributed by atoms with Gasteiger partial charge in [0, 0.05) is 26.1 Å². The Labute approximate surface area is 159 Å².